The van der Waals surface area contributed by atoms with E-state index in [1.807, 2.05) is 12.1 Å². The molecule has 1 N–H and O–H groups in total. The Morgan fingerprint density at radius 1 is 1.22 bits per heavy atom. The molecule has 2 nitrogen and oxygen atoms in total. The SMILES string of the molecule is Clc1ccccc1C[C@H]1COCC[C@H]1NC1CC1. The zero-order valence-electron chi connectivity index (χ0n) is 10.6. The summed E-state index contributed by atoms with van der Waals surface area (Å²) in [7, 11) is 0. The molecule has 1 aliphatic carbocycles. The Hall–Kier alpha value is -0.570. The van der Waals surface area contributed by atoms with Gasteiger partial charge < -0.3 is 10.1 Å². The first-order valence-electron chi connectivity index (χ1n) is 6.90. The number of halogens is 1. The summed E-state index contributed by atoms with van der Waals surface area (Å²) in [6.07, 6.45) is 4.84. The fourth-order valence-electron chi connectivity index (χ4n) is 2.72. The van der Waals surface area contributed by atoms with E-state index in [0.717, 1.165) is 37.1 Å². The second-order valence-corrected chi connectivity index (χ2v) is 5.87. The summed E-state index contributed by atoms with van der Waals surface area (Å²) < 4.78 is 5.64. The minimum absolute atomic E-state index is 0.555. The van der Waals surface area contributed by atoms with E-state index in [1.165, 1.54) is 18.4 Å². The monoisotopic (exact) mass is 265 g/mol. The largest absolute Gasteiger partial charge is 0.381 e. The summed E-state index contributed by atoms with van der Waals surface area (Å²) in [4.78, 5) is 0. The van der Waals surface area contributed by atoms with E-state index >= 15 is 0 Å². The third-order valence-corrected chi connectivity index (χ3v) is 4.31. The second-order valence-electron chi connectivity index (χ2n) is 5.47. The minimum atomic E-state index is 0.555. The summed E-state index contributed by atoms with van der Waals surface area (Å²) in [6.45, 7) is 1.75. The van der Waals surface area contributed by atoms with E-state index in [-0.39, 0.29) is 0 Å². The number of nitrogens with one attached hydrogen (secondary N) is 1. The van der Waals surface area contributed by atoms with Crippen molar-refractivity contribution in [2.24, 2.45) is 5.92 Å². The molecular formula is C15H20ClNO. The van der Waals surface area contributed by atoms with Crippen LogP contribution in [-0.4, -0.2) is 25.3 Å². The van der Waals surface area contributed by atoms with Crippen molar-refractivity contribution in [1.82, 2.24) is 5.32 Å². The zero-order valence-corrected chi connectivity index (χ0v) is 11.3. The molecule has 18 heavy (non-hydrogen) atoms. The molecule has 0 amide bonds. The van der Waals surface area contributed by atoms with Crippen LogP contribution in [0.5, 0.6) is 0 Å². The predicted octanol–water partition coefficient (Wildman–Crippen LogP) is 3.04. The first-order valence-corrected chi connectivity index (χ1v) is 7.28. The molecule has 98 valence electrons. The van der Waals surface area contributed by atoms with Gasteiger partial charge >= 0.3 is 0 Å². The molecule has 2 atom stereocenters. The predicted molar refractivity (Wildman–Crippen MR) is 74.0 cm³/mol. The summed E-state index contributed by atoms with van der Waals surface area (Å²) in [5, 5.41) is 4.64. The van der Waals surface area contributed by atoms with Crippen molar-refractivity contribution in [3.05, 3.63) is 34.9 Å². The van der Waals surface area contributed by atoms with E-state index in [1.54, 1.807) is 0 Å². The van der Waals surface area contributed by atoms with Gasteiger partial charge in [-0.3, -0.25) is 0 Å². The van der Waals surface area contributed by atoms with Gasteiger partial charge in [-0.2, -0.15) is 0 Å². The topological polar surface area (TPSA) is 21.3 Å². The van der Waals surface area contributed by atoms with Gasteiger partial charge in [-0.1, -0.05) is 29.8 Å². The normalized spacial score (nSPS) is 28.3. The molecule has 1 saturated heterocycles. The van der Waals surface area contributed by atoms with Crippen molar-refractivity contribution in [1.29, 1.82) is 0 Å². The summed E-state index contributed by atoms with van der Waals surface area (Å²) in [6, 6.07) is 9.52. The zero-order chi connectivity index (χ0) is 12.4. The van der Waals surface area contributed by atoms with Gasteiger partial charge in [0.05, 0.1) is 6.61 Å². The smallest absolute Gasteiger partial charge is 0.0512 e. The Balaban J connectivity index is 1.66. The first-order chi connectivity index (χ1) is 8.83. The molecule has 0 spiro atoms. The summed E-state index contributed by atoms with van der Waals surface area (Å²) in [5.74, 6) is 0.555. The van der Waals surface area contributed by atoms with Crippen molar-refractivity contribution in [3.63, 3.8) is 0 Å². The van der Waals surface area contributed by atoms with Gasteiger partial charge in [0.2, 0.25) is 0 Å². The molecule has 2 fully saturated rings. The maximum atomic E-state index is 6.25. The lowest BCUT2D eigenvalue weighted by molar-refractivity contribution is 0.0316. The molecule has 0 radical (unpaired) electrons. The lowest BCUT2D eigenvalue weighted by Gasteiger charge is -2.32. The molecule has 1 aliphatic heterocycles. The first kappa shape index (κ1) is 12.5. The van der Waals surface area contributed by atoms with Crippen LogP contribution in [0.15, 0.2) is 24.3 Å². The lowest BCUT2D eigenvalue weighted by atomic mass is 9.89. The highest BCUT2D eigenvalue weighted by molar-refractivity contribution is 6.31. The van der Waals surface area contributed by atoms with E-state index in [2.05, 4.69) is 17.4 Å². The van der Waals surface area contributed by atoms with Crippen molar-refractivity contribution in [3.8, 4) is 0 Å². The van der Waals surface area contributed by atoms with Crippen molar-refractivity contribution in [2.45, 2.75) is 37.8 Å². The van der Waals surface area contributed by atoms with Crippen LogP contribution in [0.25, 0.3) is 0 Å². The van der Waals surface area contributed by atoms with E-state index in [0.29, 0.717) is 12.0 Å². The van der Waals surface area contributed by atoms with Crippen LogP contribution in [0.1, 0.15) is 24.8 Å². The minimum Gasteiger partial charge on any atom is -0.381 e. The van der Waals surface area contributed by atoms with E-state index in [9.17, 15) is 0 Å². The quantitative estimate of drug-likeness (QED) is 0.904. The molecule has 3 heteroatoms. The molecule has 1 heterocycles. The Morgan fingerprint density at radius 3 is 2.83 bits per heavy atom. The van der Waals surface area contributed by atoms with Crippen LogP contribution in [0, 0.1) is 5.92 Å². The second kappa shape index (κ2) is 5.60. The maximum absolute atomic E-state index is 6.25. The third kappa shape index (κ3) is 3.05. The summed E-state index contributed by atoms with van der Waals surface area (Å²) >= 11 is 6.25. The maximum Gasteiger partial charge on any atom is 0.0512 e. The van der Waals surface area contributed by atoms with Crippen LogP contribution in [0.4, 0.5) is 0 Å². The van der Waals surface area contributed by atoms with Gasteiger partial charge in [0, 0.05) is 29.6 Å². The highest BCUT2D eigenvalue weighted by atomic mass is 35.5. The summed E-state index contributed by atoms with van der Waals surface area (Å²) in [5.41, 5.74) is 1.25. The molecule has 2 aliphatic rings. The number of hydrogen-bond donors (Lipinski definition) is 1. The molecule has 1 saturated carbocycles. The molecule has 1 aromatic carbocycles. The van der Waals surface area contributed by atoms with Gasteiger partial charge in [-0.05, 0) is 37.3 Å². The molecule has 0 bridgehead atoms. The number of hydrogen-bond acceptors (Lipinski definition) is 2. The molecule has 1 aromatic rings. The Labute approximate surface area is 114 Å². The van der Waals surface area contributed by atoms with Crippen molar-refractivity contribution < 1.29 is 4.74 Å². The fourth-order valence-corrected chi connectivity index (χ4v) is 2.93. The van der Waals surface area contributed by atoms with Crippen molar-refractivity contribution >= 4 is 11.6 Å². The van der Waals surface area contributed by atoms with Crippen LogP contribution in [0.2, 0.25) is 5.02 Å². The molecular weight excluding hydrogens is 246 g/mol. The van der Waals surface area contributed by atoms with Crippen LogP contribution >= 0.6 is 11.6 Å². The van der Waals surface area contributed by atoms with Gasteiger partial charge in [0.1, 0.15) is 0 Å². The Kier molecular flexibility index (Phi) is 3.88. The fraction of sp³-hybridized carbons (Fsp3) is 0.600. The molecule has 0 aromatic heterocycles. The Morgan fingerprint density at radius 2 is 2.06 bits per heavy atom. The van der Waals surface area contributed by atoms with Gasteiger partial charge in [-0.15, -0.1) is 0 Å². The average molecular weight is 266 g/mol. The van der Waals surface area contributed by atoms with E-state index in [4.69, 9.17) is 16.3 Å². The van der Waals surface area contributed by atoms with Gasteiger partial charge in [-0.25, -0.2) is 0 Å². The van der Waals surface area contributed by atoms with Crippen LogP contribution in [-0.2, 0) is 11.2 Å². The van der Waals surface area contributed by atoms with Crippen LogP contribution < -0.4 is 5.32 Å². The van der Waals surface area contributed by atoms with Gasteiger partial charge in [0.25, 0.3) is 0 Å². The highest BCUT2D eigenvalue weighted by Gasteiger charge is 2.31. The molecule has 0 unspecified atom stereocenters. The number of ether oxygens (including phenoxy) is 1. The third-order valence-electron chi connectivity index (χ3n) is 3.94. The van der Waals surface area contributed by atoms with Gasteiger partial charge in [0.15, 0.2) is 0 Å². The lowest BCUT2D eigenvalue weighted by Crippen LogP contribution is -2.44. The Bertz CT molecular complexity index is 405. The highest BCUT2D eigenvalue weighted by Crippen LogP contribution is 2.27. The van der Waals surface area contributed by atoms with E-state index < -0.39 is 0 Å². The number of benzene rings is 1. The number of rotatable bonds is 4. The van der Waals surface area contributed by atoms with Crippen LogP contribution in [0.3, 0.4) is 0 Å². The molecule has 3 rings (SSSR count). The van der Waals surface area contributed by atoms with Crippen molar-refractivity contribution in [2.75, 3.05) is 13.2 Å². The standard InChI is InChI=1S/C15H20ClNO/c16-14-4-2-1-3-11(14)9-12-10-18-8-7-15(12)17-13-5-6-13/h1-4,12-13,15,17H,5-10H2/t12-,15+/m0/s1. The average Bonchev–Trinajstić information content (AvgIpc) is 3.18.